The van der Waals surface area contributed by atoms with E-state index in [1.165, 1.54) is 12.8 Å². The first kappa shape index (κ1) is 17.1. The Balaban J connectivity index is 2.05. The Morgan fingerprint density at radius 1 is 1.55 bits per heavy atom. The van der Waals surface area contributed by atoms with Gasteiger partial charge in [0.2, 0.25) is 5.91 Å². The molecule has 1 atom stereocenters. The SMILES string of the molecule is CCCCn1nc(C)c(/C=C/C(=O)N(C)C(C)C2CC2)c1Cl. The molecule has 0 aromatic carbocycles. The summed E-state index contributed by atoms with van der Waals surface area (Å²) in [5.74, 6) is 0.695. The number of likely N-dealkylation sites (N-methyl/N-ethyl adjacent to an activating group) is 1. The Morgan fingerprint density at radius 3 is 2.82 bits per heavy atom. The van der Waals surface area contributed by atoms with Crippen molar-refractivity contribution in [2.24, 2.45) is 5.92 Å². The first-order chi connectivity index (χ1) is 10.5. The van der Waals surface area contributed by atoms with E-state index in [0.29, 0.717) is 17.1 Å². The number of rotatable bonds is 7. The fourth-order valence-electron chi connectivity index (χ4n) is 2.58. The second-order valence-corrected chi connectivity index (χ2v) is 6.59. The maximum Gasteiger partial charge on any atom is 0.246 e. The van der Waals surface area contributed by atoms with Crippen LogP contribution in [0.3, 0.4) is 0 Å². The number of aryl methyl sites for hydroxylation is 2. The minimum Gasteiger partial charge on any atom is -0.339 e. The van der Waals surface area contributed by atoms with Crippen LogP contribution in [0.4, 0.5) is 0 Å². The molecule has 1 aliphatic rings. The van der Waals surface area contributed by atoms with Gasteiger partial charge < -0.3 is 4.90 Å². The topological polar surface area (TPSA) is 38.1 Å². The van der Waals surface area contributed by atoms with Gasteiger partial charge >= 0.3 is 0 Å². The van der Waals surface area contributed by atoms with Crippen LogP contribution in [0.2, 0.25) is 5.15 Å². The van der Waals surface area contributed by atoms with Crippen molar-refractivity contribution in [3.05, 3.63) is 22.5 Å². The zero-order valence-electron chi connectivity index (χ0n) is 14.0. The molecule has 4 nitrogen and oxygen atoms in total. The highest BCUT2D eigenvalue weighted by atomic mass is 35.5. The summed E-state index contributed by atoms with van der Waals surface area (Å²) in [7, 11) is 1.87. The quantitative estimate of drug-likeness (QED) is 0.713. The zero-order chi connectivity index (χ0) is 16.3. The van der Waals surface area contributed by atoms with E-state index in [4.69, 9.17) is 11.6 Å². The Bertz CT molecular complexity index is 560. The van der Waals surface area contributed by atoms with Crippen LogP contribution in [-0.4, -0.2) is 33.7 Å². The third kappa shape index (κ3) is 3.92. The molecule has 1 fully saturated rings. The lowest BCUT2D eigenvalue weighted by Crippen LogP contribution is -2.35. The van der Waals surface area contributed by atoms with Crippen molar-refractivity contribution in [3.63, 3.8) is 0 Å². The lowest BCUT2D eigenvalue weighted by Gasteiger charge is -2.23. The summed E-state index contributed by atoms with van der Waals surface area (Å²) in [6.45, 7) is 7.00. The van der Waals surface area contributed by atoms with Gasteiger partial charge in [-0.3, -0.25) is 9.48 Å². The van der Waals surface area contributed by atoms with E-state index in [1.807, 2.05) is 23.6 Å². The Hall–Kier alpha value is -1.29. The van der Waals surface area contributed by atoms with E-state index in [2.05, 4.69) is 18.9 Å². The third-order valence-electron chi connectivity index (χ3n) is 4.49. The predicted octanol–water partition coefficient (Wildman–Crippen LogP) is 3.92. The van der Waals surface area contributed by atoms with Gasteiger partial charge in [0.1, 0.15) is 5.15 Å². The molecule has 1 aliphatic carbocycles. The number of carbonyl (C=O) groups excluding carboxylic acids is 1. The smallest absolute Gasteiger partial charge is 0.246 e. The fraction of sp³-hybridized carbons (Fsp3) is 0.647. The number of aromatic nitrogens is 2. The maximum atomic E-state index is 12.3. The largest absolute Gasteiger partial charge is 0.339 e. The van der Waals surface area contributed by atoms with E-state index in [9.17, 15) is 4.79 Å². The standard InChI is InChI=1S/C17H26ClN3O/c1-5-6-11-21-17(18)15(12(2)19-21)9-10-16(22)20(4)13(3)14-7-8-14/h9-10,13-14H,5-8,11H2,1-4H3/b10-9+. The molecular weight excluding hydrogens is 298 g/mol. The lowest BCUT2D eigenvalue weighted by molar-refractivity contribution is -0.126. The molecule has 0 N–H and O–H groups in total. The second-order valence-electron chi connectivity index (χ2n) is 6.23. The predicted molar refractivity (Wildman–Crippen MR) is 90.9 cm³/mol. The van der Waals surface area contributed by atoms with Gasteiger partial charge in [0.15, 0.2) is 0 Å². The molecule has 0 aliphatic heterocycles. The van der Waals surface area contributed by atoms with E-state index in [-0.39, 0.29) is 5.91 Å². The average Bonchev–Trinajstić information content (AvgIpc) is 3.30. The minimum atomic E-state index is 0.0242. The Labute approximate surface area is 138 Å². The molecule has 122 valence electrons. The number of unbranched alkanes of at least 4 members (excludes halogenated alkanes) is 1. The summed E-state index contributed by atoms with van der Waals surface area (Å²) in [5.41, 5.74) is 1.71. The molecule has 1 aromatic heterocycles. The monoisotopic (exact) mass is 323 g/mol. The summed E-state index contributed by atoms with van der Waals surface area (Å²) < 4.78 is 1.82. The molecule has 22 heavy (non-hydrogen) atoms. The van der Waals surface area contributed by atoms with Gasteiger partial charge in [-0.1, -0.05) is 24.9 Å². The van der Waals surface area contributed by atoms with Crippen LogP contribution in [0.15, 0.2) is 6.08 Å². The van der Waals surface area contributed by atoms with Crippen molar-refractivity contribution in [1.82, 2.24) is 14.7 Å². The first-order valence-corrected chi connectivity index (χ1v) is 8.51. The number of amides is 1. The highest BCUT2D eigenvalue weighted by molar-refractivity contribution is 6.31. The van der Waals surface area contributed by atoms with Crippen molar-refractivity contribution >= 4 is 23.6 Å². The van der Waals surface area contributed by atoms with E-state index < -0.39 is 0 Å². The van der Waals surface area contributed by atoms with Crippen molar-refractivity contribution in [1.29, 1.82) is 0 Å². The number of nitrogens with zero attached hydrogens (tertiary/aromatic N) is 3. The van der Waals surface area contributed by atoms with E-state index in [1.54, 1.807) is 12.2 Å². The van der Waals surface area contributed by atoms with Crippen LogP contribution in [0.1, 0.15) is 50.8 Å². The molecule has 1 unspecified atom stereocenters. The van der Waals surface area contributed by atoms with Crippen molar-refractivity contribution in [2.45, 2.75) is 59.0 Å². The molecule has 0 saturated heterocycles. The summed E-state index contributed by atoms with van der Waals surface area (Å²) in [4.78, 5) is 14.1. The van der Waals surface area contributed by atoms with Gasteiger partial charge in [0.25, 0.3) is 0 Å². The van der Waals surface area contributed by atoms with Gasteiger partial charge in [-0.25, -0.2) is 0 Å². The summed E-state index contributed by atoms with van der Waals surface area (Å²) in [5, 5.41) is 5.07. The number of hydrogen-bond acceptors (Lipinski definition) is 2. The van der Waals surface area contributed by atoms with Crippen molar-refractivity contribution < 1.29 is 4.79 Å². The minimum absolute atomic E-state index is 0.0242. The highest BCUT2D eigenvalue weighted by Crippen LogP contribution is 2.34. The highest BCUT2D eigenvalue weighted by Gasteiger charge is 2.31. The lowest BCUT2D eigenvalue weighted by atomic mass is 10.2. The molecule has 0 radical (unpaired) electrons. The maximum absolute atomic E-state index is 12.3. The van der Waals surface area contributed by atoms with Crippen LogP contribution in [0.5, 0.6) is 0 Å². The Morgan fingerprint density at radius 2 is 2.23 bits per heavy atom. The summed E-state index contributed by atoms with van der Waals surface area (Å²) in [6.07, 6.45) is 8.02. The first-order valence-electron chi connectivity index (χ1n) is 8.13. The molecule has 5 heteroatoms. The molecule has 0 spiro atoms. The van der Waals surface area contributed by atoms with Gasteiger partial charge in [-0.15, -0.1) is 0 Å². The molecule has 1 heterocycles. The van der Waals surface area contributed by atoms with Crippen molar-refractivity contribution in [2.75, 3.05) is 7.05 Å². The fourth-order valence-corrected chi connectivity index (χ4v) is 2.90. The van der Waals surface area contributed by atoms with Crippen LogP contribution >= 0.6 is 11.6 Å². The van der Waals surface area contributed by atoms with Crippen LogP contribution < -0.4 is 0 Å². The molecule has 2 rings (SSSR count). The summed E-state index contributed by atoms with van der Waals surface area (Å²) >= 11 is 6.38. The average molecular weight is 324 g/mol. The number of halogens is 1. The number of hydrogen-bond donors (Lipinski definition) is 0. The van der Waals surface area contributed by atoms with E-state index in [0.717, 1.165) is 30.6 Å². The second kappa shape index (κ2) is 7.32. The normalized spacial score (nSPS) is 16.2. The third-order valence-corrected chi connectivity index (χ3v) is 4.89. The molecule has 0 bridgehead atoms. The van der Waals surface area contributed by atoms with Crippen LogP contribution in [0, 0.1) is 12.8 Å². The number of carbonyl (C=O) groups is 1. The molecular formula is C17H26ClN3O. The van der Waals surface area contributed by atoms with Gasteiger partial charge in [0, 0.05) is 31.3 Å². The molecule has 1 saturated carbocycles. The van der Waals surface area contributed by atoms with Crippen LogP contribution in [0.25, 0.3) is 6.08 Å². The van der Waals surface area contributed by atoms with Crippen molar-refractivity contribution in [3.8, 4) is 0 Å². The van der Waals surface area contributed by atoms with E-state index >= 15 is 0 Å². The zero-order valence-corrected chi connectivity index (χ0v) is 14.7. The Kier molecular flexibility index (Phi) is 5.68. The molecule has 1 aromatic rings. The van der Waals surface area contributed by atoms with Gasteiger partial charge in [0.05, 0.1) is 5.69 Å². The van der Waals surface area contributed by atoms with Crippen LogP contribution in [-0.2, 0) is 11.3 Å². The summed E-state index contributed by atoms with van der Waals surface area (Å²) in [6, 6.07) is 0.306. The van der Waals surface area contributed by atoms with Gasteiger partial charge in [-0.05, 0) is 45.1 Å². The van der Waals surface area contributed by atoms with Gasteiger partial charge in [-0.2, -0.15) is 5.10 Å². The molecule has 1 amide bonds.